The lowest BCUT2D eigenvalue weighted by atomic mass is 10.2. The Morgan fingerprint density at radius 2 is 2.09 bits per heavy atom. The number of nitrogens with one attached hydrogen (secondary N) is 2. The summed E-state index contributed by atoms with van der Waals surface area (Å²) < 4.78 is 20.2. The summed E-state index contributed by atoms with van der Waals surface area (Å²) in [7, 11) is 0. The van der Waals surface area contributed by atoms with Gasteiger partial charge in [0.2, 0.25) is 11.8 Å². The third kappa shape index (κ3) is 5.23. The third-order valence-corrected chi connectivity index (χ3v) is 6.22. The van der Waals surface area contributed by atoms with Crippen LogP contribution in [0.2, 0.25) is 5.02 Å². The number of aromatic nitrogens is 3. The number of anilines is 1. The monoisotopic (exact) mass is 491 g/mol. The van der Waals surface area contributed by atoms with Crippen molar-refractivity contribution < 1.29 is 18.4 Å². The van der Waals surface area contributed by atoms with E-state index in [2.05, 4.69) is 25.8 Å². The molecule has 32 heavy (non-hydrogen) atoms. The van der Waals surface area contributed by atoms with E-state index in [0.29, 0.717) is 5.13 Å². The highest BCUT2D eigenvalue weighted by molar-refractivity contribution is 7.99. The highest BCUT2D eigenvalue weighted by Crippen LogP contribution is 2.27. The molecule has 2 aromatic carbocycles. The smallest absolute Gasteiger partial charge is 0.277 e. The van der Waals surface area contributed by atoms with Gasteiger partial charge in [-0.1, -0.05) is 46.8 Å². The van der Waals surface area contributed by atoms with Crippen LogP contribution in [0, 0.1) is 12.7 Å². The summed E-state index contributed by atoms with van der Waals surface area (Å²) in [5.74, 6) is -1.56. The number of nitrogens with zero attached hydrogens (tertiary/aromatic N) is 3. The molecule has 0 unspecified atom stereocenters. The van der Waals surface area contributed by atoms with Crippen LogP contribution in [0.3, 0.4) is 0 Å². The van der Waals surface area contributed by atoms with E-state index < -0.39 is 11.7 Å². The van der Waals surface area contributed by atoms with E-state index in [-0.39, 0.29) is 39.9 Å². The fraction of sp³-hybridized carbons (Fsp3) is 0.150. The maximum atomic E-state index is 13.8. The minimum absolute atomic E-state index is 0.00135. The first kappa shape index (κ1) is 22.2. The van der Waals surface area contributed by atoms with Crippen LogP contribution in [0.15, 0.2) is 46.0 Å². The molecular weight excluding hydrogens is 477 g/mol. The Morgan fingerprint density at radius 3 is 2.91 bits per heavy atom. The van der Waals surface area contributed by atoms with E-state index in [1.54, 1.807) is 0 Å². The summed E-state index contributed by atoms with van der Waals surface area (Å²) in [6, 6.07) is 9.85. The van der Waals surface area contributed by atoms with Crippen molar-refractivity contribution in [3.8, 4) is 0 Å². The molecular formula is C20H15ClFN5O3S2. The van der Waals surface area contributed by atoms with Crippen LogP contribution in [-0.4, -0.2) is 32.7 Å². The second-order valence-corrected chi connectivity index (χ2v) is 8.93. The van der Waals surface area contributed by atoms with Gasteiger partial charge >= 0.3 is 0 Å². The molecule has 0 spiro atoms. The molecule has 0 aliphatic rings. The predicted molar refractivity (Wildman–Crippen MR) is 121 cm³/mol. The van der Waals surface area contributed by atoms with Crippen molar-refractivity contribution in [3.63, 3.8) is 0 Å². The molecule has 12 heteroatoms. The van der Waals surface area contributed by atoms with Crippen LogP contribution >= 0.6 is 34.7 Å². The molecule has 0 radical (unpaired) electrons. The topological polar surface area (TPSA) is 110 Å². The molecule has 2 heterocycles. The predicted octanol–water partition coefficient (Wildman–Crippen LogP) is 4.44. The SMILES string of the molecule is Cc1ccc2nc(NC(=O)CSc3nnc(CNC(=O)c4c(F)cccc4Cl)o3)sc2c1. The zero-order valence-corrected chi connectivity index (χ0v) is 18.9. The van der Waals surface area contributed by atoms with Crippen molar-refractivity contribution in [2.45, 2.75) is 18.7 Å². The maximum Gasteiger partial charge on any atom is 0.277 e. The van der Waals surface area contributed by atoms with Gasteiger partial charge in [0.1, 0.15) is 5.82 Å². The van der Waals surface area contributed by atoms with Gasteiger partial charge in [0.05, 0.1) is 33.1 Å². The van der Waals surface area contributed by atoms with Gasteiger partial charge in [-0.25, -0.2) is 9.37 Å². The van der Waals surface area contributed by atoms with Gasteiger partial charge in [0.15, 0.2) is 5.13 Å². The Hall–Kier alpha value is -3.02. The second kappa shape index (κ2) is 9.63. The average molecular weight is 492 g/mol. The molecule has 164 valence electrons. The van der Waals surface area contributed by atoms with Crippen molar-refractivity contribution in [1.29, 1.82) is 0 Å². The maximum absolute atomic E-state index is 13.8. The fourth-order valence-electron chi connectivity index (χ4n) is 2.69. The third-order valence-electron chi connectivity index (χ3n) is 4.16. The van der Waals surface area contributed by atoms with Crippen LogP contribution in [-0.2, 0) is 11.3 Å². The summed E-state index contributed by atoms with van der Waals surface area (Å²) in [5.41, 5.74) is 1.68. The van der Waals surface area contributed by atoms with Gasteiger partial charge in [0.25, 0.3) is 11.1 Å². The number of amides is 2. The highest BCUT2D eigenvalue weighted by Gasteiger charge is 2.17. The zero-order valence-electron chi connectivity index (χ0n) is 16.5. The summed E-state index contributed by atoms with van der Waals surface area (Å²) in [6.07, 6.45) is 0. The number of halogens is 2. The quantitative estimate of drug-likeness (QED) is 0.368. The number of hydrogen-bond acceptors (Lipinski definition) is 8. The van der Waals surface area contributed by atoms with Crippen molar-refractivity contribution in [3.05, 3.63) is 64.3 Å². The lowest BCUT2D eigenvalue weighted by Gasteiger charge is -2.05. The molecule has 0 bridgehead atoms. The number of fused-ring (bicyclic) bond motifs is 1. The van der Waals surface area contributed by atoms with Gasteiger partial charge in [0, 0.05) is 0 Å². The Labute approximate surface area is 194 Å². The van der Waals surface area contributed by atoms with E-state index >= 15 is 0 Å². The van der Waals surface area contributed by atoms with E-state index in [1.165, 1.54) is 23.5 Å². The second-order valence-electron chi connectivity index (χ2n) is 6.57. The van der Waals surface area contributed by atoms with Gasteiger partial charge in [-0.15, -0.1) is 10.2 Å². The average Bonchev–Trinajstić information content (AvgIpc) is 3.36. The molecule has 0 saturated heterocycles. The van der Waals surface area contributed by atoms with Crippen LogP contribution in [0.5, 0.6) is 0 Å². The number of rotatable bonds is 7. The van der Waals surface area contributed by atoms with Gasteiger partial charge in [-0.05, 0) is 36.8 Å². The summed E-state index contributed by atoms with van der Waals surface area (Å²) in [6.45, 7) is 1.88. The highest BCUT2D eigenvalue weighted by atomic mass is 35.5. The molecule has 4 aromatic rings. The van der Waals surface area contributed by atoms with Crippen LogP contribution < -0.4 is 10.6 Å². The minimum atomic E-state index is -0.731. The Balaban J connectivity index is 1.28. The zero-order chi connectivity index (χ0) is 22.7. The molecule has 0 saturated carbocycles. The first-order valence-corrected chi connectivity index (χ1v) is 11.4. The Morgan fingerprint density at radius 1 is 1.25 bits per heavy atom. The standard InChI is InChI=1S/C20H15ClFN5O3S2/c1-10-5-6-13-14(7-10)32-19(24-13)25-15(28)9-31-20-27-26-16(30-20)8-23-18(29)17-11(21)3-2-4-12(17)22/h2-7H,8-9H2,1H3,(H,23,29)(H,24,25,28). The van der Waals surface area contributed by atoms with Crippen LogP contribution in [0.25, 0.3) is 10.2 Å². The van der Waals surface area contributed by atoms with E-state index in [1.807, 2.05) is 25.1 Å². The number of aryl methyl sites for hydroxylation is 1. The van der Waals surface area contributed by atoms with Crippen LogP contribution in [0.4, 0.5) is 9.52 Å². The molecule has 8 nitrogen and oxygen atoms in total. The molecule has 2 aromatic heterocycles. The largest absolute Gasteiger partial charge is 0.414 e. The molecule has 0 fully saturated rings. The number of thioether (sulfide) groups is 1. The van der Waals surface area contributed by atoms with Crippen molar-refractivity contribution >= 4 is 61.9 Å². The molecule has 0 atom stereocenters. The number of benzene rings is 2. The first-order valence-electron chi connectivity index (χ1n) is 9.23. The van der Waals surface area contributed by atoms with Crippen LogP contribution in [0.1, 0.15) is 21.8 Å². The summed E-state index contributed by atoms with van der Waals surface area (Å²) >= 11 is 8.31. The molecule has 0 aliphatic carbocycles. The number of carbonyl (C=O) groups is 2. The fourth-order valence-corrected chi connectivity index (χ4v) is 4.50. The van der Waals surface area contributed by atoms with E-state index in [4.69, 9.17) is 16.0 Å². The number of carbonyl (C=O) groups excluding carboxylic acids is 2. The molecule has 2 amide bonds. The van der Waals surface area contributed by atoms with E-state index in [0.717, 1.165) is 33.6 Å². The number of hydrogen-bond donors (Lipinski definition) is 2. The first-order chi connectivity index (χ1) is 15.4. The normalized spacial score (nSPS) is 11.0. The van der Waals surface area contributed by atoms with Crippen molar-refractivity contribution in [1.82, 2.24) is 20.5 Å². The molecule has 2 N–H and O–H groups in total. The molecule has 4 rings (SSSR count). The lowest BCUT2D eigenvalue weighted by Crippen LogP contribution is -2.24. The van der Waals surface area contributed by atoms with E-state index in [9.17, 15) is 14.0 Å². The van der Waals surface area contributed by atoms with Gasteiger partial charge in [-0.2, -0.15) is 0 Å². The van der Waals surface area contributed by atoms with Crippen molar-refractivity contribution in [2.75, 3.05) is 11.1 Å². The van der Waals surface area contributed by atoms with Gasteiger partial charge < -0.3 is 15.1 Å². The number of thiazole rings is 1. The minimum Gasteiger partial charge on any atom is -0.414 e. The summed E-state index contributed by atoms with van der Waals surface area (Å²) in [5, 5.41) is 13.5. The Bertz CT molecular complexity index is 1290. The lowest BCUT2D eigenvalue weighted by molar-refractivity contribution is -0.113. The summed E-state index contributed by atoms with van der Waals surface area (Å²) in [4.78, 5) is 28.7. The Kier molecular flexibility index (Phi) is 6.68. The van der Waals surface area contributed by atoms with Gasteiger partial charge in [-0.3, -0.25) is 9.59 Å². The molecule has 0 aliphatic heterocycles. The van der Waals surface area contributed by atoms with Crippen molar-refractivity contribution in [2.24, 2.45) is 0 Å².